The summed E-state index contributed by atoms with van der Waals surface area (Å²) in [5, 5.41) is 0. The highest BCUT2D eigenvalue weighted by atomic mass is 32.2. The van der Waals surface area contributed by atoms with E-state index in [9.17, 15) is 16.8 Å². The Balaban J connectivity index is 1.93. The number of benzene rings is 1. The number of hydrogen-bond acceptors (Lipinski definition) is 5. The van der Waals surface area contributed by atoms with E-state index in [0.717, 1.165) is 12.8 Å². The van der Waals surface area contributed by atoms with Crippen molar-refractivity contribution in [2.24, 2.45) is 0 Å². The standard InChI is InChI=1S/C15H24N2O5S2/c1-13(2)22-14-5-7-15(8-6-14)24(20,21)16-9-12-23(18,19)17-10-3-4-11-17/h5-8,13,16H,3-4,9-12H2,1-2H3. The van der Waals surface area contributed by atoms with Gasteiger partial charge in [0.15, 0.2) is 0 Å². The van der Waals surface area contributed by atoms with E-state index in [1.807, 2.05) is 13.8 Å². The quantitative estimate of drug-likeness (QED) is 0.735. The van der Waals surface area contributed by atoms with Crippen molar-refractivity contribution >= 4 is 20.0 Å². The van der Waals surface area contributed by atoms with Crippen molar-refractivity contribution in [3.8, 4) is 5.75 Å². The van der Waals surface area contributed by atoms with Gasteiger partial charge in [-0.3, -0.25) is 0 Å². The van der Waals surface area contributed by atoms with Crippen LogP contribution in [0.15, 0.2) is 29.2 Å². The highest BCUT2D eigenvalue weighted by Gasteiger charge is 2.25. The second kappa shape index (κ2) is 7.81. The molecule has 0 aromatic heterocycles. The summed E-state index contributed by atoms with van der Waals surface area (Å²) in [5.41, 5.74) is 0. The van der Waals surface area contributed by atoms with Crippen LogP contribution in [0.1, 0.15) is 26.7 Å². The van der Waals surface area contributed by atoms with Crippen LogP contribution in [0.25, 0.3) is 0 Å². The van der Waals surface area contributed by atoms with Crippen LogP contribution in [0.3, 0.4) is 0 Å². The van der Waals surface area contributed by atoms with Gasteiger partial charge in [0, 0.05) is 19.6 Å². The summed E-state index contributed by atoms with van der Waals surface area (Å²) in [6, 6.07) is 6.04. The van der Waals surface area contributed by atoms with Gasteiger partial charge in [0.2, 0.25) is 20.0 Å². The van der Waals surface area contributed by atoms with E-state index >= 15 is 0 Å². The first-order valence-corrected chi connectivity index (χ1v) is 11.0. The lowest BCUT2D eigenvalue weighted by atomic mass is 10.3. The minimum Gasteiger partial charge on any atom is -0.491 e. The summed E-state index contributed by atoms with van der Waals surface area (Å²) in [6.07, 6.45) is 1.72. The topological polar surface area (TPSA) is 92.8 Å². The molecule has 1 aromatic carbocycles. The molecule has 7 nitrogen and oxygen atoms in total. The Labute approximate surface area is 144 Å². The van der Waals surface area contributed by atoms with E-state index < -0.39 is 20.0 Å². The first-order valence-electron chi connectivity index (χ1n) is 7.95. The summed E-state index contributed by atoms with van der Waals surface area (Å²) >= 11 is 0. The van der Waals surface area contributed by atoms with Crippen molar-refractivity contribution in [2.45, 2.75) is 37.7 Å². The Morgan fingerprint density at radius 1 is 1.08 bits per heavy atom. The first kappa shape index (κ1) is 19.2. The van der Waals surface area contributed by atoms with Crippen LogP contribution in [0, 0.1) is 0 Å². The fourth-order valence-electron chi connectivity index (χ4n) is 2.45. The summed E-state index contributed by atoms with van der Waals surface area (Å²) < 4.78 is 57.8. The third-order valence-electron chi connectivity index (χ3n) is 3.62. The molecule has 1 aliphatic heterocycles. The SMILES string of the molecule is CC(C)Oc1ccc(S(=O)(=O)NCCS(=O)(=O)N2CCCC2)cc1. The van der Waals surface area contributed by atoms with E-state index in [1.165, 1.54) is 16.4 Å². The predicted octanol–water partition coefficient (Wildman–Crippen LogP) is 1.18. The van der Waals surface area contributed by atoms with E-state index in [-0.39, 0.29) is 23.3 Å². The van der Waals surface area contributed by atoms with E-state index in [2.05, 4.69) is 4.72 Å². The highest BCUT2D eigenvalue weighted by molar-refractivity contribution is 7.90. The Morgan fingerprint density at radius 2 is 1.67 bits per heavy atom. The molecule has 0 amide bonds. The molecular formula is C15H24N2O5S2. The van der Waals surface area contributed by atoms with Gasteiger partial charge >= 0.3 is 0 Å². The lowest BCUT2D eigenvalue weighted by Crippen LogP contribution is -2.36. The molecular weight excluding hydrogens is 352 g/mol. The van der Waals surface area contributed by atoms with E-state index in [0.29, 0.717) is 18.8 Å². The summed E-state index contributed by atoms with van der Waals surface area (Å²) in [4.78, 5) is 0.0807. The lowest BCUT2D eigenvalue weighted by Gasteiger charge is -2.15. The molecule has 136 valence electrons. The van der Waals surface area contributed by atoms with Gasteiger partial charge in [0.1, 0.15) is 5.75 Å². The minimum atomic E-state index is -3.74. The minimum absolute atomic E-state index is 0.00127. The Bertz CT molecular complexity index is 737. The zero-order chi connectivity index (χ0) is 17.8. The van der Waals surface area contributed by atoms with Gasteiger partial charge < -0.3 is 4.74 Å². The van der Waals surface area contributed by atoms with Gasteiger partial charge in [-0.1, -0.05) is 0 Å². The second-order valence-corrected chi connectivity index (χ2v) is 9.81. The van der Waals surface area contributed by atoms with Gasteiger partial charge in [-0.15, -0.1) is 0 Å². The third kappa shape index (κ3) is 5.17. The third-order valence-corrected chi connectivity index (χ3v) is 6.97. The van der Waals surface area contributed by atoms with Gasteiger partial charge in [-0.25, -0.2) is 25.9 Å². The maximum Gasteiger partial charge on any atom is 0.240 e. The molecule has 1 saturated heterocycles. The fourth-order valence-corrected chi connectivity index (χ4v) is 5.05. The average molecular weight is 377 g/mol. The van der Waals surface area contributed by atoms with Crippen molar-refractivity contribution in [1.29, 1.82) is 0 Å². The van der Waals surface area contributed by atoms with E-state index in [4.69, 9.17) is 4.74 Å². The van der Waals surface area contributed by atoms with Crippen LogP contribution in [0.2, 0.25) is 0 Å². The van der Waals surface area contributed by atoms with Crippen LogP contribution in [-0.2, 0) is 20.0 Å². The normalized spacial score (nSPS) is 16.6. The predicted molar refractivity (Wildman–Crippen MR) is 92.0 cm³/mol. The Hall–Kier alpha value is -1.16. The highest BCUT2D eigenvalue weighted by Crippen LogP contribution is 2.17. The lowest BCUT2D eigenvalue weighted by molar-refractivity contribution is 0.242. The molecule has 0 bridgehead atoms. The van der Waals surface area contributed by atoms with Crippen LogP contribution in [0.4, 0.5) is 0 Å². The first-order chi connectivity index (χ1) is 11.2. The van der Waals surface area contributed by atoms with Gasteiger partial charge in [-0.05, 0) is 51.0 Å². The monoisotopic (exact) mass is 376 g/mol. The molecule has 0 atom stereocenters. The van der Waals surface area contributed by atoms with Gasteiger partial charge in [0.25, 0.3) is 0 Å². The van der Waals surface area contributed by atoms with Crippen molar-refractivity contribution in [2.75, 3.05) is 25.4 Å². The van der Waals surface area contributed by atoms with Crippen LogP contribution in [0.5, 0.6) is 5.75 Å². The molecule has 0 aliphatic carbocycles. The number of nitrogens with one attached hydrogen (secondary N) is 1. The van der Waals surface area contributed by atoms with Crippen LogP contribution >= 0.6 is 0 Å². The number of hydrogen-bond donors (Lipinski definition) is 1. The van der Waals surface area contributed by atoms with Crippen LogP contribution in [-0.4, -0.2) is 52.6 Å². The molecule has 1 N–H and O–H groups in total. The number of rotatable bonds is 8. The fraction of sp³-hybridized carbons (Fsp3) is 0.600. The molecule has 0 saturated carbocycles. The molecule has 1 aliphatic rings. The molecule has 0 radical (unpaired) electrons. The molecule has 1 heterocycles. The van der Waals surface area contributed by atoms with E-state index in [1.54, 1.807) is 12.1 Å². The molecule has 0 unspecified atom stereocenters. The second-order valence-electron chi connectivity index (χ2n) is 5.96. The molecule has 9 heteroatoms. The molecule has 0 spiro atoms. The Kier molecular flexibility index (Phi) is 6.24. The maximum absolute atomic E-state index is 12.2. The van der Waals surface area contributed by atoms with Gasteiger partial charge in [-0.2, -0.15) is 0 Å². The number of ether oxygens (including phenoxy) is 1. The molecule has 24 heavy (non-hydrogen) atoms. The van der Waals surface area contributed by atoms with Crippen molar-refractivity contribution in [1.82, 2.24) is 9.03 Å². The van der Waals surface area contributed by atoms with Gasteiger partial charge in [0.05, 0.1) is 16.8 Å². The molecule has 1 fully saturated rings. The van der Waals surface area contributed by atoms with Crippen molar-refractivity contribution < 1.29 is 21.6 Å². The summed E-state index contributed by atoms with van der Waals surface area (Å²) in [5.74, 6) is 0.349. The van der Waals surface area contributed by atoms with Crippen molar-refractivity contribution in [3.63, 3.8) is 0 Å². The van der Waals surface area contributed by atoms with Crippen molar-refractivity contribution in [3.05, 3.63) is 24.3 Å². The number of sulfonamides is 2. The Morgan fingerprint density at radius 3 is 2.21 bits per heavy atom. The van der Waals surface area contributed by atoms with Crippen LogP contribution < -0.4 is 9.46 Å². The molecule has 2 rings (SSSR count). The maximum atomic E-state index is 12.2. The summed E-state index contributed by atoms with van der Waals surface area (Å²) in [6.45, 7) is 4.66. The average Bonchev–Trinajstić information content (AvgIpc) is 3.01. The zero-order valence-corrected chi connectivity index (χ0v) is 15.6. The number of nitrogens with zero attached hydrogens (tertiary/aromatic N) is 1. The zero-order valence-electron chi connectivity index (χ0n) is 13.9. The molecule has 1 aromatic rings. The smallest absolute Gasteiger partial charge is 0.240 e. The largest absolute Gasteiger partial charge is 0.491 e. The summed E-state index contributed by atoms with van der Waals surface area (Å²) in [7, 11) is -7.14.